The van der Waals surface area contributed by atoms with E-state index in [0.717, 1.165) is 6.07 Å². The Balaban J connectivity index is 3.43. The molecule has 98 valence electrons. The maximum atomic E-state index is 13.1. The van der Waals surface area contributed by atoms with Crippen LogP contribution in [0.4, 0.5) is 23.2 Å². The molecule has 1 rings (SSSR count). The van der Waals surface area contributed by atoms with Crippen molar-refractivity contribution in [3.63, 3.8) is 0 Å². The lowest BCUT2D eigenvalue weighted by molar-refractivity contribution is -0.139. The summed E-state index contributed by atoms with van der Waals surface area (Å²) >= 11 is 0. The minimum atomic E-state index is -4.90. The summed E-state index contributed by atoms with van der Waals surface area (Å²) in [6.45, 7) is 0. The summed E-state index contributed by atoms with van der Waals surface area (Å²) in [7, 11) is 0. The van der Waals surface area contributed by atoms with Gasteiger partial charge in [-0.3, -0.25) is 0 Å². The lowest BCUT2D eigenvalue weighted by Crippen LogP contribution is -2.21. The van der Waals surface area contributed by atoms with E-state index >= 15 is 0 Å². The average molecular weight is 264 g/mol. The molecular formula is C10H8F4N2O2. The Morgan fingerprint density at radius 2 is 1.83 bits per heavy atom. The zero-order chi connectivity index (χ0) is 14.1. The molecule has 1 aromatic rings. The molecule has 2 atom stereocenters. The SMILES string of the molecule is N#CC(O)C(O)c1cc(F)c(N)cc1C(F)(F)F. The van der Waals surface area contributed by atoms with Crippen LogP contribution in [-0.2, 0) is 6.18 Å². The van der Waals surface area contributed by atoms with Crippen molar-refractivity contribution in [2.45, 2.75) is 18.4 Å². The van der Waals surface area contributed by atoms with Crippen molar-refractivity contribution < 1.29 is 27.8 Å². The number of anilines is 1. The highest BCUT2D eigenvalue weighted by Crippen LogP contribution is 2.37. The maximum Gasteiger partial charge on any atom is 0.416 e. The van der Waals surface area contributed by atoms with Crippen LogP contribution >= 0.6 is 0 Å². The molecule has 0 spiro atoms. The van der Waals surface area contributed by atoms with Gasteiger partial charge in [-0.05, 0) is 17.7 Å². The maximum absolute atomic E-state index is 13.1. The summed E-state index contributed by atoms with van der Waals surface area (Å²) in [5, 5.41) is 26.7. The van der Waals surface area contributed by atoms with Crippen molar-refractivity contribution >= 4 is 5.69 Å². The van der Waals surface area contributed by atoms with Crippen molar-refractivity contribution in [3.8, 4) is 6.07 Å². The molecule has 4 N–H and O–H groups in total. The summed E-state index contributed by atoms with van der Waals surface area (Å²) in [5.41, 5.74) is 1.92. The number of nitrogen functional groups attached to an aromatic ring is 1. The van der Waals surface area contributed by atoms with Gasteiger partial charge in [-0.15, -0.1) is 0 Å². The Hall–Kier alpha value is -1.85. The summed E-state index contributed by atoms with van der Waals surface area (Å²) in [6, 6.07) is 1.81. The third-order valence-corrected chi connectivity index (χ3v) is 2.22. The van der Waals surface area contributed by atoms with Crippen LogP contribution < -0.4 is 5.73 Å². The molecule has 0 heterocycles. The third kappa shape index (κ3) is 2.69. The van der Waals surface area contributed by atoms with Gasteiger partial charge in [0, 0.05) is 0 Å². The number of nitrogens with zero attached hydrogens (tertiary/aromatic N) is 1. The molecule has 8 heteroatoms. The normalized spacial score (nSPS) is 14.9. The lowest BCUT2D eigenvalue weighted by Gasteiger charge is -2.19. The number of hydrogen-bond donors (Lipinski definition) is 3. The van der Waals surface area contributed by atoms with Crippen LogP contribution in [0, 0.1) is 17.1 Å². The standard InChI is InChI=1S/C10H8F4N2O2/c11-6-1-4(9(18)8(17)3-15)5(2-7(6)16)10(12,13)14/h1-2,8-9,17-18H,16H2. The highest BCUT2D eigenvalue weighted by molar-refractivity contribution is 5.48. The van der Waals surface area contributed by atoms with Crippen LogP contribution in [0.3, 0.4) is 0 Å². The topological polar surface area (TPSA) is 90.3 Å². The Labute approximate surface area is 98.9 Å². The lowest BCUT2D eigenvalue weighted by atomic mass is 9.97. The van der Waals surface area contributed by atoms with Gasteiger partial charge in [-0.25, -0.2) is 4.39 Å². The Morgan fingerprint density at radius 1 is 1.28 bits per heavy atom. The first kappa shape index (κ1) is 14.2. The molecule has 0 aromatic heterocycles. The van der Waals surface area contributed by atoms with Gasteiger partial charge in [0.2, 0.25) is 0 Å². The number of aliphatic hydroxyl groups is 2. The number of hydrogen-bond acceptors (Lipinski definition) is 4. The number of halogens is 4. The molecule has 0 saturated heterocycles. The van der Waals surface area contributed by atoms with Crippen LogP contribution in [0.25, 0.3) is 0 Å². The predicted molar refractivity (Wildman–Crippen MR) is 52.4 cm³/mol. The quantitative estimate of drug-likeness (QED) is 0.427. The second-order valence-corrected chi connectivity index (χ2v) is 3.48. The fraction of sp³-hybridized carbons (Fsp3) is 0.300. The minimum absolute atomic E-state index is 0.304. The average Bonchev–Trinajstić information content (AvgIpc) is 2.28. The van der Waals surface area contributed by atoms with Crippen molar-refractivity contribution in [2.24, 2.45) is 0 Å². The number of rotatable bonds is 2. The fourth-order valence-corrected chi connectivity index (χ4v) is 1.34. The molecule has 0 radical (unpaired) electrons. The Kier molecular flexibility index (Phi) is 3.79. The molecule has 18 heavy (non-hydrogen) atoms. The second kappa shape index (κ2) is 4.80. The zero-order valence-corrected chi connectivity index (χ0v) is 8.74. The molecule has 1 aromatic carbocycles. The molecule has 0 aliphatic rings. The van der Waals surface area contributed by atoms with Crippen molar-refractivity contribution in [3.05, 3.63) is 29.1 Å². The van der Waals surface area contributed by atoms with Crippen LogP contribution in [0.5, 0.6) is 0 Å². The van der Waals surface area contributed by atoms with Gasteiger partial charge in [-0.2, -0.15) is 18.4 Å². The first-order valence-electron chi connectivity index (χ1n) is 4.60. The minimum Gasteiger partial charge on any atom is -0.396 e. The molecule has 2 unspecified atom stereocenters. The molecular weight excluding hydrogens is 256 g/mol. The van der Waals surface area contributed by atoms with E-state index in [1.54, 1.807) is 0 Å². The number of aliphatic hydroxyl groups excluding tert-OH is 2. The molecule has 0 saturated carbocycles. The number of nitriles is 1. The van der Waals surface area contributed by atoms with Crippen molar-refractivity contribution in [1.29, 1.82) is 5.26 Å². The third-order valence-electron chi connectivity index (χ3n) is 2.22. The number of nitrogens with two attached hydrogens (primary N) is 1. The highest BCUT2D eigenvalue weighted by Gasteiger charge is 2.37. The summed E-state index contributed by atoms with van der Waals surface area (Å²) in [5.74, 6) is -1.18. The molecule has 0 amide bonds. The van der Waals surface area contributed by atoms with Gasteiger partial charge in [0.15, 0.2) is 6.10 Å². The van der Waals surface area contributed by atoms with E-state index < -0.39 is 41.0 Å². The van der Waals surface area contributed by atoms with Crippen molar-refractivity contribution in [2.75, 3.05) is 5.73 Å². The van der Waals surface area contributed by atoms with Crippen LogP contribution in [0.15, 0.2) is 12.1 Å². The van der Waals surface area contributed by atoms with Crippen molar-refractivity contribution in [1.82, 2.24) is 0 Å². The van der Waals surface area contributed by atoms with E-state index in [1.165, 1.54) is 0 Å². The fourth-order valence-electron chi connectivity index (χ4n) is 1.34. The molecule has 0 aliphatic carbocycles. The molecule has 0 bridgehead atoms. The van der Waals surface area contributed by atoms with Crippen LogP contribution in [0.2, 0.25) is 0 Å². The first-order valence-corrected chi connectivity index (χ1v) is 4.60. The summed E-state index contributed by atoms with van der Waals surface area (Å²) in [4.78, 5) is 0. The Bertz CT molecular complexity index is 496. The smallest absolute Gasteiger partial charge is 0.396 e. The van der Waals surface area contributed by atoms with E-state index in [9.17, 15) is 22.7 Å². The van der Waals surface area contributed by atoms with E-state index in [0.29, 0.717) is 12.1 Å². The van der Waals surface area contributed by atoms with E-state index in [-0.39, 0.29) is 0 Å². The first-order chi connectivity index (χ1) is 8.18. The van der Waals surface area contributed by atoms with Gasteiger partial charge < -0.3 is 15.9 Å². The number of alkyl halides is 3. The van der Waals surface area contributed by atoms with E-state index in [2.05, 4.69) is 0 Å². The summed E-state index contributed by atoms with van der Waals surface area (Å²) < 4.78 is 51.0. The Morgan fingerprint density at radius 3 is 2.28 bits per heavy atom. The summed E-state index contributed by atoms with van der Waals surface area (Å²) in [6.07, 6.45) is -9.18. The predicted octanol–water partition coefficient (Wildman–Crippen LogP) is 1.34. The van der Waals surface area contributed by atoms with E-state index in [1.807, 2.05) is 0 Å². The second-order valence-electron chi connectivity index (χ2n) is 3.48. The monoisotopic (exact) mass is 264 g/mol. The molecule has 0 fully saturated rings. The van der Waals surface area contributed by atoms with Gasteiger partial charge in [0.1, 0.15) is 11.9 Å². The highest BCUT2D eigenvalue weighted by atomic mass is 19.4. The van der Waals surface area contributed by atoms with Gasteiger partial charge in [0.25, 0.3) is 0 Å². The largest absolute Gasteiger partial charge is 0.416 e. The van der Waals surface area contributed by atoms with Crippen LogP contribution in [-0.4, -0.2) is 16.3 Å². The van der Waals surface area contributed by atoms with Gasteiger partial charge in [0.05, 0.1) is 17.3 Å². The van der Waals surface area contributed by atoms with Gasteiger partial charge >= 0.3 is 6.18 Å². The van der Waals surface area contributed by atoms with Crippen LogP contribution in [0.1, 0.15) is 17.2 Å². The van der Waals surface area contributed by atoms with E-state index in [4.69, 9.17) is 16.1 Å². The zero-order valence-electron chi connectivity index (χ0n) is 8.74. The number of benzene rings is 1. The van der Waals surface area contributed by atoms with Gasteiger partial charge in [-0.1, -0.05) is 0 Å². The molecule has 4 nitrogen and oxygen atoms in total. The molecule has 0 aliphatic heterocycles.